The highest BCUT2D eigenvalue weighted by Crippen LogP contribution is 2.45. The van der Waals surface area contributed by atoms with Crippen molar-refractivity contribution in [2.45, 2.75) is 45.7 Å². The van der Waals surface area contributed by atoms with Gasteiger partial charge < -0.3 is 9.64 Å². The molecule has 0 N–H and O–H groups in total. The van der Waals surface area contributed by atoms with Gasteiger partial charge in [0.1, 0.15) is 10.6 Å². The van der Waals surface area contributed by atoms with Crippen molar-refractivity contribution in [2.75, 3.05) is 13.7 Å². The summed E-state index contributed by atoms with van der Waals surface area (Å²) in [5.74, 6) is 0.470. The van der Waals surface area contributed by atoms with Crippen molar-refractivity contribution in [3.63, 3.8) is 0 Å². The van der Waals surface area contributed by atoms with Gasteiger partial charge in [-0.15, -0.1) is 11.3 Å². The van der Waals surface area contributed by atoms with Crippen LogP contribution in [0, 0.1) is 0 Å². The zero-order chi connectivity index (χ0) is 24.0. The molecular formula is C25H24ClN3O4S. The van der Waals surface area contributed by atoms with Gasteiger partial charge in [0.05, 0.1) is 30.9 Å². The lowest BCUT2D eigenvalue weighted by Gasteiger charge is -2.27. The molecule has 0 aliphatic carbocycles. The lowest BCUT2D eigenvalue weighted by Crippen LogP contribution is -2.34. The molecule has 34 heavy (non-hydrogen) atoms. The molecule has 1 aromatic carbocycles. The lowest BCUT2D eigenvalue weighted by molar-refractivity contribution is -0.139. The number of nitrogens with zero attached hydrogens (tertiary/aromatic N) is 3. The first kappa shape index (κ1) is 22.8. The standard InChI is InChI=1S/C25H24ClN3O4S/c1-3-19(30)28-11-10-16-18(13-28)34-25-23(16)22(14-4-6-15(33-2)7-5-14)24(26)17(27-25)12-29-20(31)8-9-21(29)32/h4-7H,3,8-13H2,1-2H3. The van der Waals surface area contributed by atoms with Gasteiger partial charge in [-0.25, -0.2) is 4.98 Å². The Morgan fingerprint density at radius 1 is 1.15 bits per heavy atom. The molecule has 1 saturated heterocycles. The molecule has 3 amide bonds. The molecular weight excluding hydrogens is 474 g/mol. The number of hydrogen-bond acceptors (Lipinski definition) is 6. The summed E-state index contributed by atoms with van der Waals surface area (Å²) in [6, 6.07) is 7.67. The zero-order valence-corrected chi connectivity index (χ0v) is 20.6. The summed E-state index contributed by atoms with van der Waals surface area (Å²) in [7, 11) is 1.62. The van der Waals surface area contributed by atoms with E-state index in [0.29, 0.717) is 30.2 Å². The molecule has 0 spiro atoms. The summed E-state index contributed by atoms with van der Waals surface area (Å²) in [4.78, 5) is 46.7. The summed E-state index contributed by atoms with van der Waals surface area (Å²) >= 11 is 8.52. The SMILES string of the molecule is CCC(=O)N1CCc2c(sc3nc(CN4C(=O)CCC4=O)c(Cl)c(-c4ccc(OC)cc4)c23)C1. The predicted molar refractivity (Wildman–Crippen MR) is 131 cm³/mol. The fraction of sp³-hybridized carbons (Fsp3) is 0.360. The number of aromatic nitrogens is 1. The predicted octanol–water partition coefficient (Wildman–Crippen LogP) is 4.57. The van der Waals surface area contributed by atoms with E-state index >= 15 is 0 Å². The van der Waals surface area contributed by atoms with Crippen molar-refractivity contribution < 1.29 is 19.1 Å². The van der Waals surface area contributed by atoms with Crippen LogP contribution in [0.15, 0.2) is 24.3 Å². The Morgan fingerprint density at radius 3 is 2.50 bits per heavy atom. The quantitative estimate of drug-likeness (QED) is 0.482. The third-order valence-corrected chi connectivity index (χ3v) is 8.01. The fourth-order valence-corrected chi connectivity index (χ4v) is 6.24. The van der Waals surface area contributed by atoms with Crippen molar-refractivity contribution in [3.8, 4) is 16.9 Å². The molecule has 1 fully saturated rings. The fourth-order valence-electron chi connectivity index (χ4n) is 4.67. The number of thiophene rings is 1. The van der Waals surface area contributed by atoms with Crippen LogP contribution in [0.2, 0.25) is 5.02 Å². The Morgan fingerprint density at radius 2 is 1.85 bits per heavy atom. The number of methoxy groups -OCH3 is 1. The molecule has 176 valence electrons. The van der Waals surface area contributed by atoms with E-state index in [1.807, 2.05) is 36.1 Å². The van der Waals surface area contributed by atoms with Crippen LogP contribution in [-0.2, 0) is 33.9 Å². The molecule has 3 aromatic rings. The Labute approximate surface area is 206 Å². The number of hydrogen-bond donors (Lipinski definition) is 0. The van der Waals surface area contributed by atoms with Crippen LogP contribution in [0.3, 0.4) is 0 Å². The maximum atomic E-state index is 12.3. The number of likely N-dealkylation sites (tertiary alicyclic amines) is 1. The van der Waals surface area contributed by atoms with Gasteiger partial charge in [0.2, 0.25) is 17.7 Å². The van der Waals surface area contributed by atoms with Gasteiger partial charge in [-0.2, -0.15) is 0 Å². The third kappa shape index (κ3) is 3.84. The monoisotopic (exact) mass is 497 g/mol. The molecule has 9 heteroatoms. The number of amides is 3. The summed E-state index contributed by atoms with van der Waals surface area (Å²) in [6.45, 7) is 3.14. The zero-order valence-electron chi connectivity index (χ0n) is 19.0. The molecule has 0 atom stereocenters. The lowest BCUT2D eigenvalue weighted by atomic mass is 9.96. The Hall–Kier alpha value is -2.97. The minimum atomic E-state index is -0.201. The van der Waals surface area contributed by atoms with E-state index in [-0.39, 0.29) is 37.1 Å². The van der Waals surface area contributed by atoms with E-state index in [0.717, 1.165) is 38.4 Å². The molecule has 0 saturated carbocycles. The molecule has 2 aliphatic rings. The number of carbonyl (C=O) groups is 3. The molecule has 4 heterocycles. The van der Waals surface area contributed by atoms with Crippen LogP contribution in [0.5, 0.6) is 5.75 Å². The minimum absolute atomic E-state index is 0.0542. The van der Waals surface area contributed by atoms with Crippen LogP contribution >= 0.6 is 22.9 Å². The Kier molecular flexibility index (Phi) is 6.04. The third-order valence-electron chi connectivity index (χ3n) is 6.49. The number of benzene rings is 1. The average molecular weight is 498 g/mol. The van der Waals surface area contributed by atoms with Gasteiger partial charge >= 0.3 is 0 Å². The second-order valence-electron chi connectivity index (χ2n) is 8.45. The molecule has 5 rings (SSSR count). The van der Waals surface area contributed by atoms with Crippen molar-refractivity contribution in [1.82, 2.24) is 14.8 Å². The van der Waals surface area contributed by atoms with Crippen LogP contribution in [0.4, 0.5) is 0 Å². The van der Waals surface area contributed by atoms with E-state index < -0.39 is 0 Å². The minimum Gasteiger partial charge on any atom is -0.497 e. The normalized spacial score (nSPS) is 15.9. The van der Waals surface area contributed by atoms with Gasteiger partial charge in [0, 0.05) is 41.6 Å². The number of pyridine rings is 1. The van der Waals surface area contributed by atoms with Crippen LogP contribution < -0.4 is 4.74 Å². The first-order chi connectivity index (χ1) is 16.4. The molecule has 0 unspecified atom stereocenters. The summed E-state index contributed by atoms with van der Waals surface area (Å²) in [5, 5.41) is 1.43. The molecule has 0 bridgehead atoms. The number of rotatable bonds is 5. The van der Waals surface area contributed by atoms with E-state index in [1.165, 1.54) is 10.5 Å². The maximum absolute atomic E-state index is 12.3. The number of fused-ring (bicyclic) bond motifs is 3. The molecule has 7 nitrogen and oxygen atoms in total. The van der Waals surface area contributed by atoms with E-state index in [2.05, 4.69) is 0 Å². The number of halogens is 1. The second-order valence-corrected chi connectivity index (χ2v) is 9.91. The van der Waals surface area contributed by atoms with Crippen LogP contribution in [-0.4, -0.2) is 46.2 Å². The number of imide groups is 1. The van der Waals surface area contributed by atoms with Crippen LogP contribution in [0.25, 0.3) is 21.3 Å². The summed E-state index contributed by atoms with van der Waals surface area (Å²) in [6.07, 6.45) is 1.64. The largest absolute Gasteiger partial charge is 0.497 e. The van der Waals surface area contributed by atoms with Gasteiger partial charge in [-0.3, -0.25) is 19.3 Å². The first-order valence-corrected chi connectivity index (χ1v) is 12.5. The Bertz CT molecular complexity index is 1300. The number of carbonyl (C=O) groups excluding carboxylic acids is 3. The highest BCUT2D eigenvalue weighted by atomic mass is 35.5. The van der Waals surface area contributed by atoms with E-state index in [4.69, 9.17) is 21.3 Å². The average Bonchev–Trinajstić information content (AvgIpc) is 3.37. The Balaban J connectivity index is 1.67. The van der Waals surface area contributed by atoms with Gasteiger partial charge in [-0.1, -0.05) is 30.7 Å². The van der Waals surface area contributed by atoms with Crippen molar-refractivity contribution in [1.29, 1.82) is 0 Å². The molecule has 2 aliphatic heterocycles. The van der Waals surface area contributed by atoms with E-state index in [1.54, 1.807) is 18.4 Å². The number of ether oxygens (including phenoxy) is 1. The summed E-state index contributed by atoms with van der Waals surface area (Å²) in [5.41, 5.74) is 3.42. The highest BCUT2D eigenvalue weighted by Gasteiger charge is 2.32. The van der Waals surface area contributed by atoms with Crippen molar-refractivity contribution >= 4 is 50.9 Å². The highest BCUT2D eigenvalue weighted by molar-refractivity contribution is 7.19. The van der Waals surface area contributed by atoms with Gasteiger partial charge in [-0.05, 0) is 29.7 Å². The second kappa shape index (κ2) is 9.00. The van der Waals surface area contributed by atoms with Gasteiger partial charge in [0.25, 0.3) is 0 Å². The van der Waals surface area contributed by atoms with Crippen LogP contribution in [0.1, 0.15) is 42.3 Å². The summed E-state index contributed by atoms with van der Waals surface area (Å²) < 4.78 is 5.32. The first-order valence-electron chi connectivity index (χ1n) is 11.3. The van der Waals surface area contributed by atoms with Crippen molar-refractivity contribution in [3.05, 3.63) is 45.4 Å². The maximum Gasteiger partial charge on any atom is 0.230 e. The molecule has 0 radical (unpaired) electrons. The van der Waals surface area contributed by atoms with E-state index in [9.17, 15) is 14.4 Å². The smallest absolute Gasteiger partial charge is 0.230 e. The molecule has 2 aromatic heterocycles. The van der Waals surface area contributed by atoms with Gasteiger partial charge in [0.15, 0.2) is 0 Å². The van der Waals surface area contributed by atoms with Crippen molar-refractivity contribution in [2.24, 2.45) is 0 Å². The topological polar surface area (TPSA) is 79.8 Å².